The molecule has 0 spiro atoms. The minimum atomic E-state index is 0.416. The zero-order valence-electron chi connectivity index (χ0n) is 10.3. The molecule has 0 aliphatic carbocycles. The lowest BCUT2D eigenvalue weighted by molar-refractivity contribution is 0.115. The van der Waals surface area contributed by atoms with Gasteiger partial charge < -0.3 is 15.0 Å². The highest BCUT2D eigenvalue weighted by molar-refractivity contribution is 7.98. The van der Waals surface area contributed by atoms with Crippen LogP contribution in [0.25, 0.3) is 0 Å². The number of nitrogens with zero attached hydrogens (tertiary/aromatic N) is 1. The molecule has 0 aromatic heterocycles. The fourth-order valence-corrected chi connectivity index (χ4v) is 2.73. The maximum absolute atomic E-state index is 5.35. The number of likely N-dealkylation sites (N-methyl/N-ethyl adjacent to an activating group) is 1. The largest absolute Gasteiger partial charge is 0.380 e. The standard InChI is InChI=1S/C11H24N2OS/c1-9(8-15-4)13(2)7-10-5-11(14-3)6-12-10/h9-12H,5-8H2,1-4H3. The molecule has 0 aromatic carbocycles. The molecule has 0 bridgehead atoms. The van der Waals surface area contributed by atoms with E-state index < -0.39 is 0 Å². The van der Waals surface area contributed by atoms with E-state index in [4.69, 9.17) is 4.74 Å². The summed E-state index contributed by atoms with van der Waals surface area (Å²) in [7, 11) is 4.01. The number of thioether (sulfide) groups is 1. The smallest absolute Gasteiger partial charge is 0.0711 e. The third-order valence-corrected chi connectivity index (χ3v) is 4.00. The molecule has 0 saturated carbocycles. The average Bonchev–Trinajstić information content (AvgIpc) is 2.66. The van der Waals surface area contributed by atoms with Crippen LogP contribution in [0.4, 0.5) is 0 Å². The van der Waals surface area contributed by atoms with Gasteiger partial charge in [-0.25, -0.2) is 0 Å². The molecule has 1 saturated heterocycles. The molecule has 4 heteroatoms. The van der Waals surface area contributed by atoms with E-state index in [0.29, 0.717) is 18.2 Å². The van der Waals surface area contributed by atoms with E-state index in [1.54, 1.807) is 7.11 Å². The first-order valence-corrected chi connectivity index (χ1v) is 7.02. The fourth-order valence-electron chi connectivity index (χ4n) is 2.00. The number of rotatable bonds is 6. The summed E-state index contributed by atoms with van der Waals surface area (Å²) in [6, 6.07) is 1.26. The van der Waals surface area contributed by atoms with Gasteiger partial charge in [0.25, 0.3) is 0 Å². The van der Waals surface area contributed by atoms with Crippen molar-refractivity contribution in [1.29, 1.82) is 0 Å². The average molecular weight is 232 g/mol. The van der Waals surface area contributed by atoms with Crippen LogP contribution >= 0.6 is 11.8 Å². The lowest BCUT2D eigenvalue weighted by atomic mass is 10.2. The molecule has 1 N–H and O–H groups in total. The van der Waals surface area contributed by atoms with Gasteiger partial charge in [0.1, 0.15) is 0 Å². The van der Waals surface area contributed by atoms with Gasteiger partial charge in [0.05, 0.1) is 6.10 Å². The Morgan fingerprint density at radius 2 is 2.33 bits per heavy atom. The SMILES string of the molecule is COC1CNC(CN(C)C(C)CSC)C1. The van der Waals surface area contributed by atoms with Gasteiger partial charge in [0.15, 0.2) is 0 Å². The Morgan fingerprint density at radius 1 is 1.60 bits per heavy atom. The minimum Gasteiger partial charge on any atom is -0.380 e. The second-order valence-electron chi connectivity index (χ2n) is 4.44. The normalized spacial score (nSPS) is 28.6. The van der Waals surface area contributed by atoms with Gasteiger partial charge in [-0.15, -0.1) is 0 Å². The van der Waals surface area contributed by atoms with Crippen LogP contribution in [-0.4, -0.2) is 62.3 Å². The van der Waals surface area contributed by atoms with Gasteiger partial charge in [-0.3, -0.25) is 0 Å². The molecule has 0 radical (unpaired) electrons. The molecule has 3 nitrogen and oxygen atoms in total. The van der Waals surface area contributed by atoms with Gasteiger partial charge in [-0.2, -0.15) is 11.8 Å². The summed E-state index contributed by atoms with van der Waals surface area (Å²) < 4.78 is 5.35. The van der Waals surface area contributed by atoms with E-state index >= 15 is 0 Å². The highest BCUT2D eigenvalue weighted by Crippen LogP contribution is 2.12. The van der Waals surface area contributed by atoms with Crippen LogP contribution in [-0.2, 0) is 4.74 Å². The summed E-state index contributed by atoms with van der Waals surface area (Å²) in [5.41, 5.74) is 0. The van der Waals surface area contributed by atoms with Crippen LogP contribution < -0.4 is 5.32 Å². The van der Waals surface area contributed by atoms with Crippen molar-refractivity contribution in [2.45, 2.75) is 31.5 Å². The summed E-state index contributed by atoms with van der Waals surface area (Å²) in [6.45, 7) is 4.42. The number of ether oxygens (including phenoxy) is 1. The highest BCUT2D eigenvalue weighted by Gasteiger charge is 2.25. The van der Waals surface area contributed by atoms with E-state index in [-0.39, 0.29) is 0 Å². The molecule has 1 fully saturated rings. The third-order valence-electron chi connectivity index (χ3n) is 3.18. The summed E-state index contributed by atoms with van der Waals surface area (Å²) in [5, 5.41) is 3.51. The van der Waals surface area contributed by atoms with E-state index in [2.05, 4.69) is 30.4 Å². The van der Waals surface area contributed by atoms with Crippen molar-refractivity contribution in [3.63, 3.8) is 0 Å². The zero-order chi connectivity index (χ0) is 11.3. The molecule has 90 valence electrons. The van der Waals surface area contributed by atoms with Crippen LogP contribution in [0.2, 0.25) is 0 Å². The van der Waals surface area contributed by atoms with E-state index in [1.807, 2.05) is 11.8 Å². The third kappa shape index (κ3) is 4.31. The van der Waals surface area contributed by atoms with Crippen LogP contribution in [0, 0.1) is 0 Å². The lowest BCUT2D eigenvalue weighted by Crippen LogP contribution is -2.40. The second-order valence-corrected chi connectivity index (χ2v) is 5.35. The van der Waals surface area contributed by atoms with Gasteiger partial charge in [-0.1, -0.05) is 0 Å². The van der Waals surface area contributed by atoms with E-state index in [0.717, 1.165) is 19.5 Å². The lowest BCUT2D eigenvalue weighted by Gasteiger charge is -2.26. The first kappa shape index (κ1) is 13.3. The number of hydrogen-bond donors (Lipinski definition) is 1. The predicted molar refractivity (Wildman–Crippen MR) is 67.7 cm³/mol. The number of methoxy groups -OCH3 is 1. The maximum atomic E-state index is 5.35. The van der Waals surface area contributed by atoms with Gasteiger partial charge in [0, 0.05) is 38.0 Å². The molecule has 1 aliphatic heterocycles. The molecular weight excluding hydrogens is 208 g/mol. The second kappa shape index (κ2) is 6.74. The van der Waals surface area contributed by atoms with Crippen LogP contribution in [0.3, 0.4) is 0 Å². The van der Waals surface area contributed by atoms with E-state index in [1.165, 1.54) is 5.75 Å². The van der Waals surface area contributed by atoms with Crippen molar-refractivity contribution >= 4 is 11.8 Å². The Hall–Kier alpha value is 0.230. The first-order valence-electron chi connectivity index (χ1n) is 5.62. The van der Waals surface area contributed by atoms with Gasteiger partial charge in [0.2, 0.25) is 0 Å². The predicted octanol–water partition coefficient (Wildman–Crippen LogP) is 1.05. The minimum absolute atomic E-state index is 0.416. The van der Waals surface area contributed by atoms with Crippen molar-refractivity contribution < 1.29 is 4.74 Å². The molecule has 1 rings (SSSR count). The summed E-state index contributed by atoms with van der Waals surface area (Å²) in [6.07, 6.45) is 3.73. The Kier molecular flexibility index (Phi) is 5.97. The van der Waals surface area contributed by atoms with Crippen molar-refractivity contribution in [3.8, 4) is 0 Å². The van der Waals surface area contributed by atoms with E-state index in [9.17, 15) is 0 Å². The molecule has 3 unspecified atom stereocenters. The highest BCUT2D eigenvalue weighted by atomic mass is 32.2. The Morgan fingerprint density at radius 3 is 2.87 bits per heavy atom. The molecule has 3 atom stereocenters. The molecule has 1 aliphatic rings. The molecule has 1 heterocycles. The van der Waals surface area contributed by atoms with Crippen molar-refractivity contribution in [2.24, 2.45) is 0 Å². The first-order chi connectivity index (χ1) is 7.17. The Bertz CT molecular complexity index is 180. The van der Waals surface area contributed by atoms with Crippen LogP contribution in [0.1, 0.15) is 13.3 Å². The summed E-state index contributed by atoms with van der Waals surface area (Å²) in [4.78, 5) is 2.44. The van der Waals surface area contributed by atoms with Crippen LogP contribution in [0.5, 0.6) is 0 Å². The summed E-state index contributed by atoms with van der Waals surface area (Å²) >= 11 is 1.91. The quantitative estimate of drug-likeness (QED) is 0.740. The molecule has 0 amide bonds. The van der Waals surface area contributed by atoms with Crippen molar-refractivity contribution in [3.05, 3.63) is 0 Å². The molecule has 0 aromatic rings. The molecule has 15 heavy (non-hydrogen) atoms. The van der Waals surface area contributed by atoms with Crippen molar-refractivity contribution in [2.75, 3.05) is 39.3 Å². The number of nitrogens with one attached hydrogen (secondary N) is 1. The maximum Gasteiger partial charge on any atom is 0.0711 e. The molecular formula is C11H24N2OS. The summed E-state index contributed by atoms with van der Waals surface area (Å²) in [5.74, 6) is 1.21. The Labute approximate surface area is 97.9 Å². The number of hydrogen-bond acceptors (Lipinski definition) is 4. The Balaban J connectivity index is 2.23. The zero-order valence-corrected chi connectivity index (χ0v) is 11.1. The van der Waals surface area contributed by atoms with Gasteiger partial charge >= 0.3 is 0 Å². The van der Waals surface area contributed by atoms with Crippen LogP contribution in [0.15, 0.2) is 0 Å². The van der Waals surface area contributed by atoms with Gasteiger partial charge in [-0.05, 0) is 26.6 Å². The monoisotopic (exact) mass is 232 g/mol. The van der Waals surface area contributed by atoms with Crippen molar-refractivity contribution in [1.82, 2.24) is 10.2 Å². The fraction of sp³-hybridized carbons (Fsp3) is 1.00. The topological polar surface area (TPSA) is 24.5 Å².